The molecule has 110 valence electrons. The van der Waals surface area contributed by atoms with E-state index in [2.05, 4.69) is 20.6 Å². The first-order valence-corrected chi connectivity index (χ1v) is 6.43. The predicted octanol–water partition coefficient (Wildman–Crippen LogP) is 2.64. The van der Waals surface area contributed by atoms with Gasteiger partial charge in [-0.05, 0) is 18.6 Å². The highest BCUT2D eigenvalue weighted by Gasteiger charge is 2.11. The van der Waals surface area contributed by atoms with Crippen LogP contribution in [0.5, 0.6) is 0 Å². The fraction of sp³-hybridized carbons (Fsp3) is 0.214. The van der Waals surface area contributed by atoms with E-state index in [4.69, 9.17) is 0 Å². The van der Waals surface area contributed by atoms with Crippen molar-refractivity contribution in [1.29, 1.82) is 0 Å². The SMILES string of the molecule is CCCNC(=O)c1cnc(Nc2c(F)cccc2F)cn1. The highest BCUT2D eigenvalue weighted by molar-refractivity contribution is 5.92. The molecule has 0 bridgehead atoms. The number of benzene rings is 1. The standard InChI is InChI=1S/C14H14F2N4O/c1-2-6-17-14(21)11-7-19-12(8-18-11)20-13-9(15)4-3-5-10(13)16/h3-5,7-8H,2,6H2,1H3,(H,17,21)(H,19,20). The number of amides is 1. The second kappa shape index (κ2) is 6.74. The maximum atomic E-state index is 13.5. The van der Waals surface area contributed by atoms with Crippen molar-refractivity contribution in [3.05, 3.63) is 47.9 Å². The molecule has 0 aliphatic carbocycles. The van der Waals surface area contributed by atoms with Gasteiger partial charge in [0.1, 0.15) is 28.8 Å². The summed E-state index contributed by atoms with van der Waals surface area (Å²) in [6.07, 6.45) is 3.30. The van der Waals surface area contributed by atoms with E-state index in [0.717, 1.165) is 18.6 Å². The fourth-order valence-electron chi connectivity index (χ4n) is 1.58. The topological polar surface area (TPSA) is 66.9 Å². The number of halogens is 2. The Labute approximate surface area is 120 Å². The van der Waals surface area contributed by atoms with E-state index in [-0.39, 0.29) is 23.1 Å². The number of anilines is 2. The van der Waals surface area contributed by atoms with Crippen LogP contribution in [0.25, 0.3) is 0 Å². The molecule has 0 saturated heterocycles. The third kappa shape index (κ3) is 3.71. The van der Waals surface area contributed by atoms with Crippen LogP contribution in [0.2, 0.25) is 0 Å². The van der Waals surface area contributed by atoms with E-state index < -0.39 is 11.6 Å². The van der Waals surface area contributed by atoms with Gasteiger partial charge in [-0.25, -0.2) is 18.7 Å². The summed E-state index contributed by atoms with van der Waals surface area (Å²) in [7, 11) is 0. The minimum Gasteiger partial charge on any atom is -0.351 e. The molecule has 0 fully saturated rings. The summed E-state index contributed by atoms with van der Waals surface area (Å²) in [6.45, 7) is 2.48. The van der Waals surface area contributed by atoms with Gasteiger partial charge in [0.2, 0.25) is 0 Å². The molecule has 1 aromatic carbocycles. The Morgan fingerprint density at radius 1 is 1.19 bits per heavy atom. The summed E-state index contributed by atoms with van der Waals surface area (Å²) in [6, 6.07) is 3.53. The maximum Gasteiger partial charge on any atom is 0.271 e. The first kappa shape index (κ1) is 14.8. The van der Waals surface area contributed by atoms with Crippen LogP contribution in [0.15, 0.2) is 30.6 Å². The Kier molecular flexibility index (Phi) is 4.76. The van der Waals surface area contributed by atoms with Gasteiger partial charge in [-0.2, -0.15) is 0 Å². The molecule has 0 aliphatic rings. The highest BCUT2D eigenvalue weighted by Crippen LogP contribution is 2.21. The van der Waals surface area contributed by atoms with Crippen molar-refractivity contribution in [2.45, 2.75) is 13.3 Å². The Bertz CT molecular complexity index is 611. The molecule has 0 saturated carbocycles. The normalized spacial score (nSPS) is 10.2. The van der Waals surface area contributed by atoms with Crippen molar-refractivity contribution < 1.29 is 13.6 Å². The van der Waals surface area contributed by atoms with E-state index >= 15 is 0 Å². The van der Waals surface area contributed by atoms with Gasteiger partial charge in [-0.15, -0.1) is 0 Å². The average molecular weight is 292 g/mol. The summed E-state index contributed by atoms with van der Waals surface area (Å²) < 4.78 is 26.9. The molecule has 2 N–H and O–H groups in total. The number of carbonyl (C=O) groups is 1. The van der Waals surface area contributed by atoms with E-state index in [0.29, 0.717) is 6.54 Å². The molecular weight excluding hydrogens is 278 g/mol. The molecule has 2 aromatic rings. The molecule has 0 unspecified atom stereocenters. The van der Waals surface area contributed by atoms with Crippen LogP contribution in [-0.2, 0) is 0 Å². The molecule has 0 spiro atoms. The zero-order valence-corrected chi connectivity index (χ0v) is 11.4. The first-order valence-electron chi connectivity index (χ1n) is 6.43. The summed E-state index contributed by atoms with van der Waals surface area (Å²) in [5, 5.41) is 5.15. The van der Waals surface area contributed by atoms with Crippen LogP contribution in [0.4, 0.5) is 20.3 Å². The molecule has 5 nitrogen and oxygen atoms in total. The van der Waals surface area contributed by atoms with Crippen molar-refractivity contribution in [1.82, 2.24) is 15.3 Å². The summed E-state index contributed by atoms with van der Waals surface area (Å²) in [5.41, 5.74) is -0.169. The lowest BCUT2D eigenvalue weighted by molar-refractivity contribution is 0.0948. The number of nitrogens with zero attached hydrogens (tertiary/aromatic N) is 2. The van der Waals surface area contributed by atoms with Crippen LogP contribution >= 0.6 is 0 Å². The lowest BCUT2D eigenvalue weighted by Gasteiger charge is -2.08. The van der Waals surface area contributed by atoms with Gasteiger partial charge in [0, 0.05) is 6.54 Å². The zero-order chi connectivity index (χ0) is 15.2. The number of nitrogens with one attached hydrogen (secondary N) is 2. The van der Waals surface area contributed by atoms with Gasteiger partial charge < -0.3 is 10.6 Å². The molecule has 1 heterocycles. The molecule has 21 heavy (non-hydrogen) atoms. The van der Waals surface area contributed by atoms with Crippen molar-refractivity contribution in [3.8, 4) is 0 Å². The number of para-hydroxylation sites is 1. The van der Waals surface area contributed by atoms with Crippen LogP contribution in [0.3, 0.4) is 0 Å². The summed E-state index contributed by atoms with van der Waals surface area (Å²) in [5.74, 6) is -1.66. The monoisotopic (exact) mass is 292 g/mol. The zero-order valence-electron chi connectivity index (χ0n) is 11.4. The maximum absolute atomic E-state index is 13.5. The largest absolute Gasteiger partial charge is 0.351 e. The molecule has 1 amide bonds. The Morgan fingerprint density at radius 3 is 2.48 bits per heavy atom. The van der Waals surface area contributed by atoms with Crippen molar-refractivity contribution in [2.75, 3.05) is 11.9 Å². The molecule has 2 rings (SSSR count). The van der Waals surface area contributed by atoms with Crippen LogP contribution in [-0.4, -0.2) is 22.4 Å². The minimum absolute atomic E-state index is 0.142. The number of carbonyl (C=O) groups excluding carboxylic acids is 1. The third-order valence-electron chi connectivity index (χ3n) is 2.64. The van der Waals surface area contributed by atoms with E-state index in [9.17, 15) is 13.6 Å². The smallest absolute Gasteiger partial charge is 0.271 e. The van der Waals surface area contributed by atoms with Gasteiger partial charge in [-0.3, -0.25) is 4.79 Å². The molecule has 0 radical (unpaired) electrons. The Morgan fingerprint density at radius 2 is 1.90 bits per heavy atom. The van der Waals surface area contributed by atoms with Crippen LogP contribution in [0.1, 0.15) is 23.8 Å². The van der Waals surface area contributed by atoms with Crippen molar-refractivity contribution >= 4 is 17.4 Å². The molecule has 0 atom stereocenters. The second-order valence-corrected chi connectivity index (χ2v) is 4.26. The van der Waals surface area contributed by atoms with E-state index in [1.54, 1.807) is 0 Å². The highest BCUT2D eigenvalue weighted by atomic mass is 19.1. The van der Waals surface area contributed by atoms with Gasteiger partial charge in [-0.1, -0.05) is 13.0 Å². The van der Waals surface area contributed by atoms with Gasteiger partial charge in [0.15, 0.2) is 0 Å². The fourth-order valence-corrected chi connectivity index (χ4v) is 1.58. The number of rotatable bonds is 5. The third-order valence-corrected chi connectivity index (χ3v) is 2.64. The predicted molar refractivity (Wildman–Crippen MR) is 74.3 cm³/mol. The summed E-state index contributed by atoms with van der Waals surface area (Å²) in [4.78, 5) is 19.5. The van der Waals surface area contributed by atoms with Gasteiger partial charge >= 0.3 is 0 Å². The number of hydrogen-bond acceptors (Lipinski definition) is 4. The summed E-state index contributed by atoms with van der Waals surface area (Å²) >= 11 is 0. The van der Waals surface area contributed by atoms with Crippen molar-refractivity contribution in [3.63, 3.8) is 0 Å². The average Bonchev–Trinajstić information content (AvgIpc) is 2.49. The minimum atomic E-state index is -0.735. The van der Waals surface area contributed by atoms with Crippen LogP contribution in [0, 0.1) is 11.6 Å². The Hall–Kier alpha value is -2.57. The quantitative estimate of drug-likeness (QED) is 0.889. The lowest BCUT2D eigenvalue weighted by atomic mass is 10.3. The van der Waals surface area contributed by atoms with Crippen LogP contribution < -0.4 is 10.6 Å². The lowest BCUT2D eigenvalue weighted by Crippen LogP contribution is -2.25. The number of aromatic nitrogens is 2. The van der Waals surface area contributed by atoms with Crippen molar-refractivity contribution in [2.24, 2.45) is 0 Å². The molecular formula is C14H14F2N4O. The molecule has 1 aromatic heterocycles. The molecule has 0 aliphatic heterocycles. The number of hydrogen-bond donors (Lipinski definition) is 2. The molecule has 7 heteroatoms. The first-order chi connectivity index (χ1) is 10.1. The van der Waals surface area contributed by atoms with E-state index in [1.807, 2.05) is 6.92 Å². The second-order valence-electron chi connectivity index (χ2n) is 4.26. The van der Waals surface area contributed by atoms with Gasteiger partial charge in [0.05, 0.1) is 12.4 Å². The van der Waals surface area contributed by atoms with Gasteiger partial charge in [0.25, 0.3) is 5.91 Å². The Balaban J connectivity index is 2.11. The van der Waals surface area contributed by atoms with E-state index in [1.165, 1.54) is 18.5 Å².